The third-order valence-corrected chi connectivity index (χ3v) is 3.80. The molecule has 1 aliphatic rings. The first kappa shape index (κ1) is 12.5. The third kappa shape index (κ3) is 2.46. The van der Waals surface area contributed by atoms with Crippen LogP contribution in [0, 0.1) is 0 Å². The Bertz CT molecular complexity index is 595. The van der Waals surface area contributed by atoms with E-state index in [-0.39, 0.29) is 11.9 Å². The van der Waals surface area contributed by atoms with Gasteiger partial charge in [-0.05, 0) is 35.9 Å². The SMILES string of the molecule is Oc1ccc(C2C[C@H](O)c3cc(Br)ccc3O2)cc1. The van der Waals surface area contributed by atoms with Crippen LogP contribution in [0.2, 0.25) is 0 Å². The van der Waals surface area contributed by atoms with Crippen LogP contribution in [-0.4, -0.2) is 10.2 Å². The summed E-state index contributed by atoms with van der Waals surface area (Å²) in [6, 6.07) is 12.5. The highest BCUT2D eigenvalue weighted by molar-refractivity contribution is 9.10. The van der Waals surface area contributed by atoms with E-state index in [2.05, 4.69) is 15.9 Å². The van der Waals surface area contributed by atoms with E-state index in [0.29, 0.717) is 12.2 Å². The third-order valence-electron chi connectivity index (χ3n) is 3.30. The Morgan fingerprint density at radius 2 is 1.84 bits per heavy atom. The van der Waals surface area contributed by atoms with E-state index in [9.17, 15) is 10.2 Å². The number of benzene rings is 2. The minimum absolute atomic E-state index is 0.190. The van der Waals surface area contributed by atoms with Crippen LogP contribution in [0.1, 0.15) is 29.8 Å². The smallest absolute Gasteiger partial charge is 0.127 e. The average molecular weight is 321 g/mol. The van der Waals surface area contributed by atoms with Gasteiger partial charge in [-0.25, -0.2) is 0 Å². The van der Waals surface area contributed by atoms with E-state index in [1.54, 1.807) is 12.1 Å². The second-order valence-electron chi connectivity index (χ2n) is 4.63. The lowest BCUT2D eigenvalue weighted by Gasteiger charge is -2.30. The average Bonchev–Trinajstić information content (AvgIpc) is 2.40. The summed E-state index contributed by atoms with van der Waals surface area (Å²) >= 11 is 3.39. The van der Waals surface area contributed by atoms with E-state index in [0.717, 1.165) is 15.6 Å². The number of aliphatic hydroxyl groups is 1. The Morgan fingerprint density at radius 1 is 1.11 bits per heavy atom. The zero-order valence-electron chi connectivity index (χ0n) is 10.1. The molecule has 4 heteroatoms. The fourth-order valence-electron chi connectivity index (χ4n) is 2.31. The number of phenols is 1. The summed E-state index contributed by atoms with van der Waals surface area (Å²) in [4.78, 5) is 0. The molecule has 98 valence electrons. The summed E-state index contributed by atoms with van der Waals surface area (Å²) in [5.74, 6) is 0.935. The van der Waals surface area contributed by atoms with Gasteiger partial charge in [0.25, 0.3) is 0 Å². The summed E-state index contributed by atoms with van der Waals surface area (Å²) in [7, 11) is 0. The highest BCUT2D eigenvalue weighted by Gasteiger charge is 2.28. The van der Waals surface area contributed by atoms with Gasteiger partial charge in [0.1, 0.15) is 17.6 Å². The van der Waals surface area contributed by atoms with Crippen molar-refractivity contribution in [3.05, 3.63) is 58.1 Å². The molecule has 0 radical (unpaired) electrons. The molecule has 0 fully saturated rings. The fraction of sp³-hybridized carbons (Fsp3) is 0.200. The molecule has 1 heterocycles. The molecule has 3 rings (SSSR count). The molecule has 3 nitrogen and oxygen atoms in total. The number of hydrogen-bond acceptors (Lipinski definition) is 3. The maximum Gasteiger partial charge on any atom is 0.127 e. The lowest BCUT2D eigenvalue weighted by molar-refractivity contribution is 0.0656. The molecule has 2 aromatic rings. The molecule has 0 saturated carbocycles. The van der Waals surface area contributed by atoms with Gasteiger partial charge < -0.3 is 14.9 Å². The molecule has 0 spiro atoms. The van der Waals surface area contributed by atoms with Gasteiger partial charge in [-0.1, -0.05) is 28.1 Å². The van der Waals surface area contributed by atoms with Crippen LogP contribution >= 0.6 is 15.9 Å². The van der Waals surface area contributed by atoms with Gasteiger partial charge in [-0.15, -0.1) is 0 Å². The monoisotopic (exact) mass is 320 g/mol. The molecule has 1 unspecified atom stereocenters. The fourth-order valence-corrected chi connectivity index (χ4v) is 2.69. The summed E-state index contributed by atoms with van der Waals surface area (Å²) in [5.41, 5.74) is 1.76. The van der Waals surface area contributed by atoms with Gasteiger partial charge in [0.2, 0.25) is 0 Å². The van der Waals surface area contributed by atoms with Crippen LogP contribution in [0.4, 0.5) is 0 Å². The maximum absolute atomic E-state index is 10.2. The molecular weight excluding hydrogens is 308 g/mol. The molecule has 19 heavy (non-hydrogen) atoms. The van der Waals surface area contributed by atoms with Crippen LogP contribution in [-0.2, 0) is 0 Å². The van der Waals surface area contributed by atoms with E-state index < -0.39 is 6.10 Å². The highest BCUT2D eigenvalue weighted by Crippen LogP contribution is 2.41. The lowest BCUT2D eigenvalue weighted by atomic mass is 9.95. The number of halogens is 1. The Balaban J connectivity index is 1.92. The summed E-state index contributed by atoms with van der Waals surface area (Å²) in [5, 5.41) is 19.5. The molecule has 0 amide bonds. The normalized spacial score (nSPS) is 21.6. The van der Waals surface area contributed by atoms with Crippen molar-refractivity contribution >= 4 is 15.9 Å². The van der Waals surface area contributed by atoms with Crippen molar-refractivity contribution in [3.8, 4) is 11.5 Å². The molecular formula is C15H13BrO3. The topological polar surface area (TPSA) is 49.7 Å². The van der Waals surface area contributed by atoms with E-state index >= 15 is 0 Å². The van der Waals surface area contributed by atoms with Crippen LogP contribution in [0.3, 0.4) is 0 Å². The Hall–Kier alpha value is -1.52. The largest absolute Gasteiger partial charge is 0.508 e. The standard InChI is InChI=1S/C15H13BrO3/c16-10-3-6-14-12(7-10)13(18)8-15(19-14)9-1-4-11(17)5-2-9/h1-7,13,15,17-18H,8H2/t13-,15?/m0/s1. The van der Waals surface area contributed by atoms with Gasteiger partial charge in [-0.2, -0.15) is 0 Å². The molecule has 1 aliphatic heterocycles. The van der Waals surface area contributed by atoms with E-state index in [1.165, 1.54) is 0 Å². The van der Waals surface area contributed by atoms with Gasteiger partial charge in [0, 0.05) is 16.5 Å². The quantitative estimate of drug-likeness (QED) is 0.842. The van der Waals surface area contributed by atoms with Crippen molar-refractivity contribution in [1.82, 2.24) is 0 Å². The van der Waals surface area contributed by atoms with Crippen LogP contribution in [0.15, 0.2) is 46.9 Å². The predicted molar refractivity (Wildman–Crippen MR) is 75.2 cm³/mol. The van der Waals surface area contributed by atoms with Crippen molar-refractivity contribution in [1.29, 1.82) is 0 Å². The van der Waals surface area contributed by atoms with Crippen molar-refractivity contribution < 1.29 is 14.9 Å². The van der Waals surface area contributed by atoms with Crippen molar-refractivity contribution in [2.45, 2.75) is 18.6 Å². The number of aliphatic hydroxyl groups excluding tert-OH is 1. The molecule has 2 atom stereocenters. The Labute approximate surface area is 119 Å². The van der Waals surface area contributed by atoms with E-state index in [1.807, 2.05) is 30.3 Å². The summed E-state index contributed by atoms with van der Waals surface area (Å²) < 4.78 is 6.85. The van der Waals surface area contributed by atoms with E-state index in [4.69, 9.17) is 4.74 Å². The minimum atomic E-state index is -0.542. The van der Waals surface area contributed by atoms with Gasteiger partial charge in [0.15, 0.2) is 0 Å². The first-order valence-corrected chi connectivity index (χ1v) is 6.86. The molecule has 0 saturated heterocycles. The predicted octanol–water partition coefficient (Wildman–Crippen LogP) is 3.71. The number of aromatic hydroxyl groups is 1. The molecule has 2 N–H and O–H groups in total. The lowest BCUT2D eigenvalue weighted by Crippen LogP contribution is -2.18. The van der Waals surface area contributed by atoms with Crippen molar-refractivity contribution in [2.75, 3.05) is 0 Å². The van der Waals surface area contributed by atoms with Crippen molar-refractivity contribution in [2.24, 2.45) is 0 Å². The molecule has 0 bridgehead atoms. The summed E-state index contributed by atoms with van der Waals surface area (Å²) in [6.07, 6.45) is -0.224. The van der Waals surface area contributed by atoms with Crippen LogP contribution in [0.5, 0.6) is 11.5 Å². The van der Waals surface area contributed by atoms with Crippen LogP contribution in [0.25, 0.3) is 0 Å². The second kappa shape index (κ2) is 4.87. The zero-order chi connectivity index (χ0) is 13.4. The zero-order valence-corrected chi connectivity index (χ0v) is 11.7. The first-order chi connectivity index (χ1) is 9.13. The van der Waals surface area contributed by atoms with Gasteiger partial charge in [0.05, 0.1) is 6.10 Å². The summed E-state index contributed by atoms with van der Waals surface area (Å²) in [6.45, 7) is 0. The second-order valence-corrected chi connectivity index (χ2v) is 5.55. The highest BCUT2D eigenvalue weighted by atomic mass is 79.9. The number of ether oxygens (including phenoxy) is 1. The number of hydrogen-bond donors (Lipinski definition) is 2. The molecule has 0 aliphatic carbocycles. The maximum atomic E-state index is 10.2. The van der Waals surface area contributed by atoms with Crippen molar-refractivity contribution in [3.63, 3.8) is 0 Å². The Kier molecular flexibility index (Phi) is 3.21. The number of rotatable bonds is 1. The number of fused-ring (bicyclic) bond motifs is 1. The van der Waals surface area contributed by atoms with Crippen LogP contribution < -0.4 is 4.74 Å². The first-order valence-electron chi connectivity index (χ1n) is 6.06. The van der Waals surface area contributed by atoms with Gasteiger partial charge in [-0.3, -0.25) is 0 Å². The Morgan fingerprint density at radius 3 is 2.58 bits per heavy atom. The minimum Gasteiger partial charge on any atom is -0.508 e. The number of phenolic OH excluding ortho intramolecular Hbond substituents is 1. The van der Waals surface area contributed by atoms with Gasteiger partial charge >= 0.3 is 0 Å². The molecule has 2 aromatic carbocycles. The molecule has 0 aromatic heterocycles.